The number of aliphatic imine (C=N–C) groups is 1. The Hall–Kier alpha value is -4.19. The highest BCUT2D eigenvalue weighted by Crippen LogP contribution is 2.26. The Morgan fingerprint density at radius 2 is 1.55 bits per heavy atom. The zero-order valence-corrected chi connectivity index (χ0v) is 16.7. The van der Waals surface area contributed by atoms with Gasteiger partial charge in [-0.3, -0.25) is 4.98 Å². The van der Waals surface area contributed by atoms with E-state index >= 15 is 0 Å². The number of nitrogens with zero attached hydrogens (tertiary/aromatic N) is 3. The van der Waals surface area contributed by atoms with E-state index in [0.29, 0.717) is 22.7 Å². The molecule has 0 atom stereocenters. The van der Waals surface area contributed by atoms with E-state index in [1.165, 1.54) is 19.4 Å². The number of carbonyl (C=O) groups is 1. The van der Waals surface area contributed by atoms with E-state index in [1.807, 2.05) is 60.7 Å². The number of carbonyl (C=O) groups excluding carboxylic acids is 1. The Labute approximate surface area is 178 Å². The summed E-state index contributed by atoms with van der Waals surface area (Å²) in [6.07, 6.45) is 2.59. The van der Waals surface area contributed by atoms with Crippen LogP contribution in [0.25, 0.3) is 11.3 Å². The normalized spacial score (nSPS) is 10.4. The summed E-state index contributed by atoms with van der Waals surface area (Å²) < 4.78 is 18.5. The molecule has 4 rings (SSSR count). The van der Waals surface area contributed by atoms with Crippen molar-refractivity contribution in [2.24, 2.45) is 4.99 Å². The molecule has 2 aromatic carbocycles. The Kier molecular flexibility index (Phi) is 5.89. The molecule has 0 saturated heterocycles. The Bertz CT molecular complexity index is 1200. The molecule has 0 spiro atoms. The van der Waals surface area contributed by atoms with Crippen molar-refractivity contribution in [2.45, 2.75) is 0 Å². The summed E-state index contributed by atoms with van der Waals surface area (Å²) in [4.78, 5) is 25.5. The van der Waals surface area contributed by atoms with E-state index in [4.69, 9.17) is 9.73 Å². The van der Waals surface area contributed by atoms with Gasteiger partial charge in [0.2, 0.25) is 0 Å². The highest BCUT2D eigenvalue weighted by Gasteiger charge is 2.17. The molecule has 0 aliphatic rings. The SMILES string of the molecule is COC(=O)c1nc(-c2cncc(F)c2)ccc1N=C(c1ccccc1)c1ccccc1. The first kappa shape index (κ1) is 20.1. The molecule has 2 aromatic heterocycles. The third-order valence-corrected chi connectivity index (χ3v) is 4.58. The van der Waals surface area contributed by atoms with Crippen molar-refractivity contribution in [3.05, 3.63) is 114 Å². The summed E-state index contributed by atoms with van der Waals surface area (Å²) in [7, 11) is 1.28. The minimum Gasteiger partial charge on any atom is -0.464 e. The molecule has 0 fully saturated rings. The molecule has 5 nitrogen and oxygen atoms in total. The second kappa shape index (κ2) is 9.09. The van der Waals surface area contributed by atoms with E-state index in [-0.39, 0.29) is 5.69 Å². The number of esters is 1. The molecule has 0 aliphatic carbocycles. The van der Waals surface area contributed by atoms with Crippen LogP contribution in [-0.2, 0) is 4.74 Å². The Morgan fingerprint density at radius 1 is 0.903 bits per heavy atom. The van der Waals surface area contributed by atoms with E-state index in [0.717, 1.165) is 17.3 Å². The summed E-state index contributed by atoms with van der Waals surface area (Å²) in [5.41, 5.74) is 3.70. The third kappa shape index (κ3) is 4.53. The second-order valence-corrected chi connectivity index (χ2v) is 6.64. The lowest BCUT2D eigenvalue weighted by molar-refractivity contribution is 0.0595. The monoisotopic (exact) mass is 411 g/mol. The topological polar surface area (TPSA) is 64.4 Å². The van der Waals surface area contributed by atoms with Crippen LogP contribution in [0.1, 0.15) is 21.6 Å². The van der Waals surface area contributed by atoms with E-state index in [9.17, 15) is 9.18 Å². The first-order chi connectivity index (χ1) is 15.2. The minimum atomic E-state index is -0.634. The van der Waals surface area contributed by atoms with Crippen molar-refractivity contribution in [2.75, 3.05) is 7.11 Å². The van der Waals surface area contributed by atoms with Crippen molar-refractivity contribution in [1.29, 1.82) is 0 Å². The Morgan fingerprint density at radius 3 is 2.13 bits per heavy atom. The first-order valence-electron chi connectivity index (χ1n) is 9.55. The summed E-state index contributed by atoms with van der Waals surface area (Å²) in [6.45, 7) is 0. The van der Waals surface area contributed by atoms with Gasteiger partial charge in [0.15, 0.2) is 5.69 Å². The molecule has 0 saturated carbocycles. The van der Waals surface area contributed by atoms with E-state index in [1.54, 1.807) is 12.1 Å². The molecule has 31 heavy (non-hydrogen) atoms. The van der Waals surface area contributed by atoms with Gasteiger partial charge in [0.25, 0.3) is 0 Å². The fourth-order valence-corrected chi connectivity index (χ4v) is 3.11. The van der Waals surface area contributed by atoms with Gasteiger partial charge < -0.3 is 4.74 Å². The van der Waals surface area contributed by atoms with Crippen LogP contribution in [0.5, 0.6) is 0 Å². The van der Waals surface area contributed by atoms with Gasteiger partial charge in [-0.15, -0.1) is 0 Å². The summed E-state index contributed by atoms with van der Waals surface area (Å²) in [5.74, 6) is -1.12. The standard InChI is InChI=1S/C25H18FN3O2/c1-31-25(30)24-22(13-12-21(28-24)19-14-20(26)16-27-15-19)29-23(17-8-4-2-5-9-17)18-10-6-3-7-11-18/h2-16H,1H3. The molecule has 6 heteroatoms. The zero-order chi connectivity index (χ0) is 21.6. The highest BCUT2D eigenvalue weighted by atomic mass is 19.1. The van der Waals surface area contributed by atoms with Crippen LogP contribution >= 0.6 is 0 Å². The maximum atomic E-state index is 13.6. The molecule has 0 amide bonds. The number of methoxy groups -OCH3 is 1. The van der Waals surface area contributed by atoms with Crippen molar-refractivity contribution >= 4 is 17.4 Å². The van der Waals surface area contributed by atoms with Crippen LogP contribution in [0.3, 0.4) is 0 Å². The van der Waals surface area contributed by atoms with E-state index in [2.05, 4.69) is 9.97 Å². The van der Waals surface area contributed by atoms with Crippen molar-refractivity contribution in [3.8, 4) is 11.3 Å². The van der Waals surface area contributed by atoms with Gasteiger partial charge in [0.05, 0.1) is 30.4 Å². The first-order valence-corrected chi connectivity index (χ1v) is 9.55. The van der Waals surface area contributed by atoms with E-state index < -0.39 is 11.8 Å². The van der Waals surface area contributed by atoms with Crippen LogP contribution in [0.15, 0.2) is 96.2 Å². The number of rotatable bonds is 5. The van der Waals surface area contributed by atoms with Crippen LogP contribution < -0.4 is 0 Å². The van der Waals surface area contributed by atoms with Crippen molar-refractivity contribution in [3.63, 3.8) is 0 Å². The van der Waals surface area contributed by atoms with Crippen molar-refractivity contribution < 1.29 is 13.9 Å². The number of hydrogen-bond donors (Lipinski definition) is 0. The average Bonchev–Trinajstić information content (AvgIpc) is 2.83. The van der Waals surface area contributed by atoms with Crippen LogP contribution in [0.4, 0.5) is 10.1 Å². The molecular weight excluding hydrogens is 393 g/mol. The fraction of sp³-hybridized carbons (Fsp3) is 0.0400. The predicted octanol–water partition coefficient (Wildman–Crippen LogP) is 5.24. The third-order valence-electron chi connectivity index (χ3n) is 4.58. The maximum absolute atomic E-state index is 13.6. The van der Waals surface area contributed by atoms with Gasteiger partial charge in [0.1, 0.15) is 5.82 Å². The van der Waals surface area contributed by atoms with Crippen LogP contribution in [-0.4, -0.2) is 28.8 Å². The Balaban J connectivity index is 1.88. The number of benzene rings is 2. The number of aromatic nitrogens is 2. The van der Waals surface area contributed by atoms with Gasteiger partial charge in [0, 0.05) is 22.9 Å². The van der Waals surface area contributed by atoms with Gasteiger partial charge in [-0.2, -0.15) is 0 Å². The number of hydrogen-bond acceptors (Lipinski definition) is 5. The molecule has 0 unspecified atom stereocenters. The van der Waals surface area contributed by atoms with Crippen LogP contribution in [0.2, 0.25) is 0 Å². The lowest BCUT2D eigenvalue weighted by Gasteiger charge is -2.11. The number of halogens is 1. The average molecular weight is 411 g/mol. The maximum Gasteiger partial charge on any atom is 0.358 e. The molecule has 152 valence electrons. The quantitative estimate of drug-likeness (QED) is 0.333. The zero-order valence-electron chi connectivity index (χ0n) is 16.7. The molecular formula is C25H18FN3O2. The van der Waals surface area contributed by atoms with Gasteiger partial charge in [-0.1, -0.05) is 60.7 Å². The predicted molar refractivity (Wildman–Crippen MR) is 117 cm³/mol. The lowest BCUT2D eigenvalue weighted by atomic mass is 10.0. The number of ether oxygens (including phenoxy) is 1. The van der Waals surface area contributed by atoms with Crippen LogP contribution in [0, 0.1) is 5.82 Å². The summed E-state index contributed by atoms with van der Waals surface area (Å²) in [5, 5.41) is 0. The molecule has 2 heterocycles. The molecule has 0 N–H and O–H groups in total. The van der Waals surface area contributed by atoms with Gasteiger partial charge in [-0.25, -0.2) is 19.2 Å². The molecule has 4 aromatic rings. The lowest BCUT2D eigenvalue weighted by Crippen LogP contribution is -2.08. The second-order valence-electron chi connectivity index (χ2n) is 6.64. The highest BCUT2D eigenvalue weighted by molar-refractivity contribution is 6.14. The summed E-state index contributed by atoms with van der Waals surface area (Å²) >= 11 is 0. The smallest absolute Gasteiger partial charge is 0.358 e. The molecule has 0 bridgehead atoms. The van der Waals surface area contributed by atoms with Gasteiger partial charge in [-0.05, 0) is 18.2 Å². The fourth-order valence-electron chi connectivity index (χ4n) is 3.11. The minimum absolute atomic E-state index is 0.0358. The summed E-state index contributed by atoms with van der Waals surface area (Å²) in [6, 6.07) is 24.0. The van der Waals surface area contributed by atoms with Crippen molar-refractivity contribution in [1.82, 2.24) is 9.97 Å². The largest absolute Gasteiger partial charge is 0.464 e. The van der Waals surface area contributed by atoms with Gasteiger partial charge >= 0.3 is 5.97 Å². The molecule has 0 radical (unpaired) electrons. The molecule has 0 aliphatic heterocycles. The number of pyridine rings is 2.